The summed E-state index contributed by atoms with van der Waals surface area (Å²) in [6, 6.07) is 16.8. The number of amides is 1. The lowest BCUT2D eigenvalue weighted by Crippen LogP contribution is -2.27. The van der Waals surface area contributed by atoms with Gasteiger partial charge in [-0.25, -0.2) is 0 Å². The predicted molar refractivity (Wildman–Crippen MR) is 113 cm³/mol. The highest BCUT2D eigenvalue weighted by molar-refractivity contribution is 8.00. The highest BCUT2D eigenvalue weighted by atomic mass is 32.2. The third-order valence-electron chi connectivity index (χ3n) is 4.91. The van der Waals surface area contributed by atoms with Gasteiger partial charge < -0.3 is 4.74 Å². The maximum absolute atomic E-state index is 13.1. The molecule has 0 N–H and O–H groups in total. The largest absolute Gasteiger partial charge is 0.573 e. The van der Waals surface area contributed by atoms with Crippen LogP contribution >= 0.6 is 11.8 Å². The van der Waals surface area contributed by atoms with Crippen molar-refractivity contribution in [3.8, 4) is 16.9 Å². The number of benzene rings is 3. The summed E-state index contributed by atoms with van der Waals surface area (Å²) >= 11 is 1.22. The number of nitrogens with zero attached hydrogens (tertiary/aromatic N) is 1. The van der Waals surface area contributed by atoms with Crippen molar-refractivity contribution in [3.63, 3.8) is 0 Å². The molecule has 172 valence electrons. The third kappa shape index (κ3) is 5.27. The first kappa shape index (κ1) is 23.0. The summed E-state index contributed by atoms with van der Waals surface area (Å²) in [7, 11) is 0. The van der Waals surface area contributed by atoms with E-state index in [-0.39, 0.29) is 17.4 Å². The number of hydrogen-bond acceptors (Lipinski definition) is 3. The van der Waals surface area contributed by atoms with E-state index in [0.29, 0.717) is 22.4 Å². The summed E-state index contributed by atoms with van der Waals surface area (Å²) in [5, 5.41) is -0.630. The quantitative estimate of drug-likeness (QED) is 0.373. The van der Waals surface area contributed by atoms with Gasteiger partial charge in [0.05, 0.1) is 11.3 Å². The minimum Gasteiger partial charge on any atom is -0.406 e. The van der Waals surface area contributed by atoms with Gasteiger partial charge in [-0.05, 0) is 53.1 Å². The first-order chi connectivity index (χ1) is 15.5. The third-order valence-corrected chi connectivity index (χ3v) is 6.13. The fourth-order valence-corrected chi connectivity index (χ4v) is 4.67. The molecule has 4 rings (SSSR count). The van der Waals surface area contributed by atoms with Crippen LogP contribution in [0.15, 0.2) is 72.8 Å². The molecule has 1 amide bonds. The van der Waals surface area contributed by atoms with Gasteiger partial charge in [0.2, 0.25) is 5.91 Å². The Bertz CT molecular complexity index is 1160. The molecule has 0 aliphatic carbocycles. The first-order valence-electron chi connectivity index (χ1n) is 9.58. The zero-order valence-electron chi connectivity index (χ0n) is 16.7. The minimum absolute atomic E-state index is 0.111. The Kier molecular flexibility index (Phi) is 6.04. The highest BCUT2D eigenvalue weighted by Gasteiger charge is 2.36. The summed E-state index contributed by atoms with van der Waals surface area (Å²) in [6.45, 7) is 0. The van der Waals surface area contributed by atoms with E-state index in [2.05, 4.69) is 4.74 Å². The molecule has 1 fully saturated rings. The van der Waals surface area contributed by atoms with Crippen molar-refractivity contribution in [1.82, 2.24) is 0 Å². The lowest BCUT2D eigenvalue weighted by Gasteiger charge is -2.25. The minimum atomic E-state index is -4.81. The lowest BCUT2D eigenvalue weighted by atomic mass is 10.0. The Morgan fingerprint density at radius 3 is 2.21 bits per heavy atom. The van der Waals surface area contributed by atoms with Gasteiger partial charge in [0, 0.05) is 5.69 Å². The number of hydrogen-bond donors (Lipinski definition) is 0. The molecule has 0 radical (unpaired) electrons. The molecule has 3 nitrogen and oxygen atoms in total. The van der Waals surface area contributed by atoms with E-state index < -0.39 is 23.5 Å². The molecule has 1 atom stereocenters. The Morgan fingerprint density at radius 1 is 0.848 bits per heavy atom. The average molecular weight is 483 g/mol. The molecule has 1 aliphatic rings. The molecule has 3 aromatic rings. The SMILES string of the molecule is O=C1CSC(c2cccc(C(F)(F)F)c2)N1c1ccc(-c2cccc(OC(F)(F)F)c2)cc1. The maximum Gasteiger partial charge on any atom is 0.573 e. The van der Waals surface area contributed by atoms with Crippen LogP contribution in [-0.2, 0) is 11.0 Å². The summed E-state index contributed by atoms with van der Waals surface area (Å²) in [6.07, 6.45) is -9.31. The fourth-order valence-electron chi connectivity index (χ4n) is 3.51. The van der Waals surface area contributed by atoms with Gasteiger partial charge in [-0.1, -0.05) is 36.4 Å². The molecule has 1 aliphatic heterocycles. The van der Waals surface area contributed by atoms with E-state index in [0.717, 1.165) is 12.1 Å². The van der Waals surface area contributed by atoms with Crippen LogP contribution in [0.3, 0.4) is 0 Å². The molecular weight excluding hydrogens is 468 g/mol. The second kappa shape index (κ2) is 8.66. The molecule has 0 bridgehead atoms. The van der Waals surface area contributed by atoms with Crippen LogP contribution in [0.4, 0.5) is 32.0 Å². The van der Waals surface area contributed by atoms with Crippen LogP contribution in [-0.4, -0.2) is 18.0 Å². The number of anilines is 1. The Hall–Kier alpha value is -3.14. The molecule has 0 aromatic heterocycles. The first-order valence-corrected chi connectivity index (χ1v) is 10.6. The van der Waals surface area contributed by atoms with Crippen LogP contribution in [0.1, 0.15) is 16.5 Å². The number of halogens is 6. The second-order valence-electron chi connectivity index (χ2n) is 7.17. The van der Waals surface area contributed by atoms with Crippen LogP contribution in [0.25, 0.3) is 11.1 Å². The van der Waals surface area contributed by atoms with Gasteiger partial charge in [0.15, 0.2) is 0 Å². The molecule has 1 heterocycles. The van der Waals surface area contributed by atoms with Crippen molar-refractivity contribution in [2.24, 2.45) is 0 Å². The van der Waals surface area contributed by atoms with Crippen molar-refractivity contribution < 1.29 is 35.9 Å². The molecule has 0 spiro atoms. The number of carbonyl (C=O) groups excluding carboxylic acids is 1. The Balaban J connectivity index is 1.61. The van der Waals surface area contributed by atoms with Crippen LogP contribution in [0.2, 0.25) is 0 Å². The topological polar surface area (TPSA) is 29.5 Å². The Morgan fingerprint density at radius 2 is 1.55 bits per heavy atom. The molecular formula is C23H15F6NO2S. The molecule has 0 saturated carbocycles. The van der Waals surface area contributed by atoms with E-state index in [1.807, 2.05) is 0 Å². The van der Waals surface area contributed by atoms with Gasteiger partial charge in [0.25, 0.3) is 0 Å². The summed E-state index contributed by atoms with van der Waals surface area (Å²) in [5.74, 6) is -0.505. The predicted octanol–water partition coefficient (Wildman–Crippen LogP) is 7.05. The number of ether oxygens (including phenoxy) is 1. The van der Waals surface area contributed by atoms with Gasteiger partial charge in [-0.15, -0.1) is 24.9 Å². The number of rotatable bonds is 4. The smallest absolute Gasteiger partial charge is 0.406 e. The second-order valence-corrected chi connectivity index (χ2v) is 8.24. The van der Waals surface area contributed by atoms with Crippen molar-refractivity contribution >= 4 is 23.4 Å². The van der Waals surface area contributed by atoms with Gasteiger partial charge in [-0.3, -0.25) is 9.69 Å². The van der Waals surface area contributed by atoms with E-state index in [1.54, 1.807) is 36.4 Å². The molecule has 1 unspecified atom stereocenters. The van der Waals surface area contributed by atoms with E-state index in [4.69, 9.17) is 0 Å². The summed E-state index contributed by atoms with van der Waals surface area (Å²) < 4.78 is 80.7. The van der Waals surface area contributed by atoms with Crippen molar-refractivity contribution in [3.05, 3.63) is 83.9 Å². The summed E-state index contributed by atoms with van der Waals surface area (Å²) in [4.78, 5) is 14.0. The van der Waals surface area contributed by atoms with Gasteiger partial charge in [0.1, 0.15) is 11.1 Å². The standard InChI is InChI=1S/C23H15F6NO2S/c24-22(25,26)17-5-1-4-16(11-17)21-30(20(31)13-33-21)18-9-7-14(8-10-18)15-3-2-6-19(12-15)32-23(27,28)29/h1-12,21H,13H2. The Labute approximate surface area is 189 Å². The average Bonchev–Trinajstić information content (AvgIpc) is 3.14. The maximum atomic E-state index is 13.1. The van der Waals surface area contributed by atoms with Crippen molar-refractivity contribution in [1.29, 1.82) is 0 Å². The van der Waals surface area contributed by atoms with Crippen LogP contribution in [0, 0.1) is 0 Å². The highest BCUT2D eigenvalue weighted by Crippen LogP contribution is 2.43. The zero-order chi connectivity index (χ0) is 23.8. The molecule has 1 saturated heterocycles. The van der Waals surface area contributed by atoms with Gasteiger partial charge in [-0.2, -0.15) is 13.2 Å². The zero-order valence-corrected chi connectivity index (χ0v) is 17.5. The fraction of sp³-hybridized carbons (Fsp3) is 0.174. The van der Waals surface area contributed by atoms with E-state index >= 15 is 0 Å². The van der Waals surface area contributed by atoms with Crippen LogP contribution < -0.4 is 9.64 Å². The molecule has 10 heteroatoms. The normalized spacial score (nSPS) is 16.8. The number of alkyl halides is 6. The van der Waals surface area contributed by atoms with E-state index in [1.165, 1.54) is 40.9 Å². The lowest BCUT2D eigenvalue weighted by molar-refractivity contribution is -0.274. The monoisotopic (exact) mass is 483 g/mol. The van der Waals surface area contributed by atoms with E-state index in [9.17, 15) is 31.1 Å². The van der Waals surface area contributed by atoms with Crippen molar-refractivity contribution in [2.75, 3.05) is 10.7 Å². The van der Waals surface area contributed by atoms with Crippen LogP contribution in [0.5, 0.6) is 5.75 Å². The number of carbonyl (C=O) groups is 1. The molecule has 3 aromatic carbocycles. The van der Waals surface area contributed by atoms with Gasteiger partial charge >= 0.3 is 12.5 Å². The summed E-state index contributed by atoms with van der Waals surface area (Å²) in [5.41, 5.74) is 1.08. The van der Waals surface area contributed by atoms with Crippen molar-refractivity contribution in [2.45, 2.75) is 17.9 Å². The number of thioether (sulfide) groups is 1. The molecule has 33 heavy (non-hydrogen) atoms.